The summed E-state index contributed by atoms with van der Waals surface area (Å²) >= 11 is 0. The first-order valence-electron chi connectivity index (χ1n) is 7.63. The van der Waals surface area contributed by atoms with Crippen LogP contribution in [0.25, 0.3) is 0 Å². The fourth-order valence-electron chi connectivity index (χ4n) is 2.57. The van der Waals surface area contributed by atoms with Gasteiger partial charge in [-0.15, -0.1) is 0 Å². The van der Waals surface area contributed by atoms with Gasteiger partial charge in [0.2, 0.25) is 0 Å². The first-order valence-corrected chi connectivity index (χ1v) is 7.63. The molecule has 0 aliphatic heterocycles. The molecule has 0 saturated carbocycles. The van der Waals surface area contributed by atoms with Crippen LogP contribution in [0.15, 0.2) is 53.1 Å². The van der Waals surface area contributed by atoms with E-state index in [1.165, 1.54) is 24.8 Å². The molecule has 1 heterocycles. The standard InChI is InChI=1S/C18H25NO/c1-3-4-12-18(16-9-6-5-7-10-16)19-15(2)14-17-11-8-13-20-17/h5-11,13,15,18-19H,3-4,12,14H2,1-2H3. The maximum absolute atomic E-state index is 5.43. The van der Waals surface area contributed by atoms with Crippen LogP contribution in [-0.4, -0.2) is 6.04 Å². The molecule has 0 bridgehead atoms. The van der Waals surface area contributed by atoms with Gasteiger partial charge in [-0.2, -0.15) is 0 Å². The predicted octanol–water partition coefficient (Wildman–Crippen LogP) is 4.73. The lowest BCUT2D eigenvalue weighted by molar-refractivity contribution is 0.397. The lowest BCUT2D eigenvalue weighted by atomic mass is 9.99. The quantitative estimate of drug-likeness (QED) is 0.750. The van der Waals surface area contributed by atoms with Crippen LogP contribution in [0.5, 0.6) is 0 Å². The Labute approximate surface area is 122 Å². The molecule has 0 fully saturated rings. The zero-order valence-corrected chi connectivity index (χ0v) is 12.5. The van der Waals surface area contributed by atoms with E-state index in [0.29, 0.717) is 12.1 Å². The van der Waals surface area contributed by atoms with Crippen molar-refractivity contribution < 1.29 is 4.42 Å². The topological polar surface area (TPSA) is 25.2 Å². The molecule has 0 radical (unpaired) electrons. The van der Waals surface area contributed by atoms with Crippen molar-refractivity contribution >= 4 is 0 Å². The van der Waals surface area contributed by atoms with Crippen LogP contribution in [0.3, 0.4) is 0 Å². The van der Waals surface area contributed by atoms with Gasteiger partial charge in [-0.05, 0) is 31.0 Å². The Kier molecular flexibility index (Phi) is 5.87. The van der Waals surface area contributed by atoms with Gasteiger partial charge in [-0.25, -0.2) is 0 Å². The summed E-state index contributed by atoms with van der Waals surface area (Å²) < 4.78 is 5.43. The highest BCUT2D eigenvalue weighted by Gasteiger charge is 2.14. The van der Waals surface area contributed by atoms with Gasteiger partial charge in [-0.1, -0.05) is 50.1 Å². The second-order valence-electron chi connectivity index (χ2n) is 5.46. The Morgan fingerprint density at radius 3 is 2.55 bits per heavy atom. The second kappa shape index (κ2) is 7.91. The zero-order chi connectivity index (χ0) is 14.2. The number of nitrogens with one attached hydrogen (secondary N) is 1. The normalized spacial score (nSPS) is 14.1. The number of hydrogen-bond donors (Lipinski definition) is 1. The van der Waals surface area contributed by atoms with Crippen LogP contribution in [0.4, 0.5) is 0 Å². The number of benzene rings is 1. The van der Waals surface area contributed by atoms with Crippen LogP contribution in [0.2, 0.25) is 0 Å². The second-order valence-corrected chi connectivity index (χ2v) is 5.46. The van der Waals surface area contributed by atoms with Gasteiger partial charge in [0.1, 0.15) is 5.76 Å². The van der Waals surface area contributed by atoms with Crippen molar-refractivity contribution in [3.63, 3.8) is 0 Å². The van der Waals surface area contributed by atoms with Gasteiger partial charge in [0, 0.05) is 18.5 Å². The lowest BCUT2D eigenvalue weighted by Crippen LogP contribution is -2.32. The van der Waals surface area contributed by atoms with E-state index in [-0.39, 0.29) is 0 Å². The molecule has 2 rings (SSSR count). The van der Waals surface area contributed by atoms with Gasteiger partial charge in [0.25, 0.3) is 0 Å². The van der Waals surface area contributed by atoms with Crippen molar-refractivity contribution in [3.05, 3.63) is 60.1 Å². The third-order valence-electron chi connectivity index (χ3n) is 3.62. The van der Waals surface area contributed by atoms with Crippen LogP contribution in [-0.2, 0) is 6.42 Å². The largest absolute Gasteiger partial charge is 0.469 e. The molecule has 1 N–H and O–H groups in total. The van der Waals surface area contributed by atoms with Gasteiger partial charge in [0.05, 0.1) is 6.26 Å². The summed E-state index contributed by atoms with van der Waals surface area (Å²) in [6.45, 7) is 4.47. The fraction of sp³-hybridized carbons (Fsp3) is 0.444. The summed E-state index contributed by atoms with van der Waals surface area (Å²) in [7, 11) is 0. The highest BCUT2D eigenvalue weighted by atomic mass is 16.3. The molecule has 2 nitrogen and oxygen atoms in total. The van der Waals surface area contributed by atoms with Crippen LogP contribution in [0, 0.1) is 0 Å². The minimum Gasteiger partial charge on any atom is -0.469 e. The first-order chi connectivity index (χ1) is 9.79. The van der Waals surface area contributed by atoms with Gasteiger partial charge < -0.3 is 9.73 Å². The minimum atomic E-state index is 0.406. The lowest BCUT2D eigenvalue weighted by Gasteiger charge is -2.23. The number of hydrogen-bond acceptors (Lipinski definition) is 2. The molecule has 1 aromatic heterocycles. The summed E-state index contributed by atoms with van der Waals surface area (Å²) in [6, 6.07) is 15.6. The Morgan fingerprint density at radius 2 is 1.90 bits per heavy atom. The molecule has 1 aromatic carbocycles. The third kappa shape index (κ3) is 4.53. The molecule has 108 valence electrons. The van der Waals surface area contributed by atoms with Crippen molar-refractivity contribution in [3.8, 4) is 0 Å². The Balaban J connectivity index is 1.96. The van der Waals surface area contributed by atoms with E-state index in [1.807, 2.05) is 12.1 Å². The fourth-order valence-corrected chi connectivity index (χ4v) is 2.57. The molecular formula is C18H25NO. The van der Waals surface area contributed by atoms with E-state index in [9.17, 15) is 0 Å². The van der Waals surface area contributed by atoms with Crippen LogP contribution < -0.4 is 5.32 Å². The van der Waals surface area contributed by atoms with E-state index in [2.05, 4.69) is 49.5 Å². The number of rotatable bonds is 8. The molecule has 2 aromatic rings. The van der Waals surface area contributed by atoms with Crippen LogP contribution >= 0.6 is 0 Å². The summed E-state index contributed by atoms with van der Waals surface area (Å²) in [5.74, 6) is 1.05. The molecule has 2 atom stereocenters. The van der Waals surface area contributed by atoms with Gasteiger partial charge in [-0.3, -0.25) is 0 Å². The average Bonchev–Trinajstić information content (AvgIpc) is 2.97. The third-order valence-corrected chi connectivity index (χ3v) is 3.62. The molecule has 2 unspecified atom stereocenters. The van der Waals surface area contributed by atoms with Crippen LogP contribution in [0.1, 0.15) is 50.5 Å². The molecule has 2 heteroatoms. The highest BCUT2D eigenvalue weighted by molar-refractivity contribution is 5.19. The summed E-state index contributed by atoms with van der Waals surface area (Å²) in [4.78, 5) is 0. The number of furan rings is 1. The first kappa shape index (κ1) is 14.9. The summed E-state index contributed by atoms with van der Waals surface area (Å²) in [6.07, 6.45) is 6.34. The van der Waals surface area contributed by atoms with E-state index in [0.717, 1.165) is 12.2 Å². The van der Waals surface area contributed by atoms with Gasteiger partial charge in [0.15, 0.2) is 0 Å². The maximum Gasteiger partial charge on any atom is 0.105 e. The van der Waals surface area contributed by atoms with E-state index < -0.39 is 0 Å². The van der Waals surface area contributed by atoms with Crippen molar-refractivity contribution in [2.75, 3.05) is 0 Å². The van der Waals surface area contributed by atoms with Crippen molar-refractivity contribution in [1.29, 1.82) is 0 Å². The Bertz CT molecular complexity index is 463. The van der Waals surface area contributed by atoms with Crippen molar-refractivity contribution in [2.45, 2.75) is 51.6 Å². The van der Waals surface area contributed by atoms with E-state index in [4.69, 9.17) is 4.42 Å². The summed E-state index contributed by atoms with van der Waals surface area (Å²) in [5.41, 5.74) is 1.38. The Hall–Kier alpha value is -1.54. The maximum atomic E-state index is 5.43. The van der Waals surface area contributed by atoms with E-state index in [1.54, 1.807) is 6.26 Å². The van der Waals surface area contributed by atoms with Crippen molar-refractivity contribution in [2.24, 2.45) is 0 Å². The molecule has 0 aliphatic carbocycles. The predicted molar refractivity (Wildman–Crippen MR) is 83.7 cm³/mol. The van der Waals surface area contributed by atoms with Crippen molar-refractivity contribution in [1.82, 2.24) is 5.32 Å². The SMILES string of the molecule is CCCCC(NC(C)Cc1ccco1)c1ccccc1. The smallest absolute Gasteiger partial charge is 0.105 e. The summed E-state index contributed by atoms with van der Waals surface area (Å²) in [5, 5.41) is 3.75. The zero-order valence-electron chi connectivity index (χ0n) is 12.5. The minimum absolute atomic E-state index is 0.406. The molecule has 0 amide bonds. The molecule has 0 saturated heterocycles. The van der Waals surface area contributed by atoms with E-state index >= 15 is 0 Å². The highest BCUT2D eigenvalue weighted by Crippen LogP contribution is 2.20. The average molecular weight is 271 g/mol. The molecule has 0 spiro atoms. The molecular weight excluding hydrogens is 246 g/mol. The Morgan fingerprint density at radius 1 is 1.10 bits per heavy atom. The van der Waals surface area contributed by atoms with Gasteiger partial charge >= 0.3 is 0 Å². The molecule has 0 aliphatic rings. The monoisotopic (exact) mass is 271 g/mol. The molecule has 20 heavy (non-hydrogen) atoms. The number of unbranched alkanes of at least 4 members (excludes halogenated alkanes) is 1.